The molecule has 0 saturated heterocycles. The van der Waals surface area contributed by atoms with Crippen LogP contribution >= 0.6 is 0 Å². The molecule has 0 fully saturated rings. The number of aromatic nitrogens is 4. The second-order valence-corrected chi connectivity index (χ2v) is 6.19. The molecule has 1 amide bonds. The maximum Gasteiger partial charge on any atom is 0.276 e. The molecule has 7 heteroatoms. The highest BCUT2D eigenvalue weighted by molar-refractivity contribution is 6.05. The second-order valence-electron chi connectivity index (χ2n) is 6.19. The van der Waals surface area contributed by atoms with Crippen LogP contribution in [0.25, 0.3) is 22.2 Å². The van der Waals surface area contributed by atoms with Gasteiger partial charge < -0.3 is 9.88 Å². The maximum atomic E-state index is 12.6. The predicted molar refractivity (Wildman–Crippen MR) is 102 cm³/mol. The molecule has 0 spiro atoms. The van der Waals surface area contributed by atoms with Crippen molar-refractivity contribution < 1.29 is 4.79 Å². The smallest absolute Gasteiger partial charge is 0.276 e. The number of hydrogen-bond acceptors (Lipinski definition) is 4. The Hall–Kier alpha value is -3.92. The largest absolute Gasteiger partial charge is 0.322 e. The Morgan fingerprint density at radius 1 is 1.22 bits per heavy atom. The van der Waals surface area contributed by atoms with Gasteiger partial charge in [0.2, 0.25) is 5.82 Å². The summed E-state index contributed by atoms with van der Waals surface area (Å²) in [6, 6.07) is 17.4. The Morgan fingerprint density at radius 3 is 2.70 bits per heavy atom. The zero-order valence-corrected chi connectivity index (χ0v) is 14.8. The molecule has 132 valence electrons. The number of imidazole rings is 1. The summed E-state index contributed by atoms with van der Waals surface area (Å²) >= 11 is 0. The van der Waals surface area contributed by atoms with Crippen molar-refractivity contribution in [1.29, 1.82) is 5.26 Å². The molecule has 0 unspecified atom stereocenters. The summed E-state index contributed by atoms with van der Waals surface area (Å²) in [4.78, 5) is 16.7. The minimum absolute atomic E-state index is 0.203. The Bertz CT molecular complexity index is 1200. The zero-order valence-electron chi connectivity index (χ0n) is 14.8. The number of carbonyl (C=O) groups excluding carboxylic acids is 1. The summed E-state index contributed by atoms with van der Waals surface area (Å²) in [6.45, 7) is 1.76. The van der Waals surface area contributed by atoms with E-state index in [4.69, 9.17) is 5.26 Å². The molecule has 2 N–H and O–H groups in total. The van der Waals surface area contributed by atoms with Crippen molar-refractivity contribution in [2.75, 3.05) is 5.32 Å². The molecule has 0 aliphatic heterocycles. The minimum atomic E-state index is -0.353. The first-order chi connectivity index (χ1) is 13.1. The van der Waals surface area contributed by atoms with E-state index in [1.165, 1.54) is 0 Å². The third kappa shape index (κ3) is 2.83. The molecule has 0 radical (unpaired) electrons. The van der Waals surface area contributed by atoms with E-state index in [0.29, 0.717) is 11.4 Å². The van der Waals surface area contributed by atoms with Gasteiger partial charge in [-0.05, 0) is 25.1 Å². The molecular formula is C20H16N6O. The lowest BCUT2D eigenvalue weighted by Gasteiger charge is -2.05. The fourth-order valence-corrected chi connectivity index (χ4v) is 2.99. The lowest BCUT2D eigenvalue weighted by molar-refractivity contribution is 0.102. The molecule has 4 rings (SSSR count). The van der Waals surface area contributed by atoms with E-state index in [1.807, 2.05) is 48.5 Å². The van der Waals surface area contributed by atoms with Crippen LogP contribution in [-0.4, -0.2) is 25.7 Å². The van der Waals surface area contributed by atoms with Gasteiger partial charge in [0.15, 0.2) is 5.69 Å². The number of rotatable bonds is 3. The highest BCUT2D eigenvalue weighted by Gasteiger charge is 2.18. The number of benzene rings is 2. The summed E-state index contributed by atoms with van der Waals surface area (Å²) in [5, 5.41) is 20.3. The summed E-state index contributed by atoms with van der Waals surface area (Å²) in [5.74, 6) is -0.150. The van der Waals surface area contributed by atoms with Crippen LogP contribution in [-0.2, 0) is 7.05 Å². The van der Waals surface area contributed by atoms with Crippen molar-refractivity contribution in [3.8, 4) is 17.3 Å². The van der Waals surface area contributed by atoms with Crippen molar-refractivity contribution in [2.45, 2.75) is 6.92 Å². The standard InChI is InChI=1S/C20H16N6O/c1-12-18(23-17(11-21)26(12)2)20(27)22-14-8-9-16-15(10-14)19(25-24-16)13-6-4-3-5-7-13/h3-10H,1-2H3,(H,22,27)(H,24,25). The third-order valence-corrected chi connectivity index (χ3v) is 4.56. The second kappa shape index (κ2) is 6.42. The number of nitriles is 1. The van der Waals surface area contributed by atoms with Crippen molar-refractivity contribution in [3.63, 3.8) is 0 Å². The molecule has 0 saturated carbocycles. The van der Waals surface area contributed by atoms with Gasteiger partial charge in [-0.15, -0.1) is 0 Å². The number of nitrogens with zero attached hydrogens (tertiary/aromatic N) is 4. The van der Waals surface area contributed by atoms with Crippen molar-refractivity contribution in [3.05, 3.63) is 65.7 Å². The quantitative estimate of drug-likeness (QED) is 0.587. The van der Waals surface area contributed by atoms with Gasteiger partial charge >= 0.3 is 0 Å². The number of aromatic amines is 1. The monoisotopic (exact) mass is 356 g/mol. The van der Waals surface area contributed by atoms with E-state index in [-0.39, 0.29) is 17.4 Å². The van der Waals surface area contributed by atoms with Crippen LogP contribution < -0.4 is 5.32 Å². The Morgan fingerprint density at radius 2 is 2.00 bits per heavy atom. The van der Waals surface area contributed by atoms with Crippen LogP contribution in [0.5, 0.6) is 0 Å². The zero-order chi connectivity index (χ0) is 19.0. The van der Waals surface area contributed by atoms with Crippen molar-refractivity contribution >= 4 is 22.5 Å². The summed E-state index contributed by atoms with van der Waals surface area (Å²) < 4.78 is 1.60. The number of hydrogen-bond donors (Lipinski definition) is 2. The van der Waals surface area contributed by atoms with Crippen LogP contribution in [0.15, 0.2) is 48.5 Å². The van der Waals surface area contributed by atoms with Gasteiger partial charge in [0, 0.05) is 29.4 Å². The molecular weight excluding hydrogens is 340 g/mol. The average molecular weight is 356 g/mol. The normalized spacial score (nSPS) is 10.7. The fourth-order valence-electron chi connectivity index (χ4n) is 2.99. The number of amides is 1. The Balaban J connectivity index is 1.69. The Labute approximate surface area is 155 Å². The molecule has 0 aliphatic rings. The van der Waals surface area contributed by atoms with Gasteiger partial charge in [-0.3, -0.25) is 9.89 Å². The third-order valence-electron chi connectivity index (χ3n) is 4.56. The van der Waals surface area contributed by atoms with Gasteiger partial charge in [0.05, 0.1) is 11.2 Å². The first kappa shape index (κ1) is 16.5. The van der Waals surface area contributed by atoms with Gasteiger partial charge in [-0.1, -0.05) is 30.3 Å². The van der Waals surface area contributed by atoms with E-state index < -0.39 is 0 Å². The van der Waals surface area contributed by atoms with Crippen molar-refractivity contribution in [1.82, 2.24) is 19.7 Å². The number of anilines is 1. The van der Waals surface area contributed by atoms with Gasteiger partial charge in [0.1, 0.15) is 6.07 Å². The molecule has 2 aromatic carbocycles. The topological polar surface area (TPSA) is 99.4 Å². The van der Waals surface area contributed by atoms with Gasteiger partial charge in [-0.25, -0.2) is 4.98 Å². The predicted octanol–water partition coefficient (Wildman–Crippen LogP) is 3.40. The lowest BCUT2D eigenvalue weighted by Crippen LogP contribution is -2.14. The fraction of sp³-hybridized carbons (Fsp3) is 0.100. The van der Waals surface area contributed by atoms with Crippen LogP contribution in [0.3, 0.4) is 0 Å². The number of nitrogens with one attached hydrogen (secondary N) is 2. The lowest BCUT2D eigenvalue weighted by atomic mass is 10.1. The van der Waals surface area contributed by atoms with Crippen LogP contribution in [0.2, 0.25) is 0 Å². The van der Waals surface area contributed by atoms with E-state index in [1.54, 1.807) is 24.6 Å². The molecule has 0 aliphatic carbocycles. The molecule has 0 bridgehead atoms. The van der Waals surface area contributed by atoms with Crippen LogP contribution in [0, 0.1) is 18.3 Å². The van der Waals surface area contributed by atoms with Crippen molar-refractivity contribution in [2.24, 2.45) is 7.05 Å². The SMILES string of the molecule is Cc1c(C(=O)Nc2ccc3[nH]nc(-c4ccccc4)c3c2)nc(C#N)n1C. The summed E-state index contributed by atoms with van der Waals surface area (Å²) in [5.41, 5.74) is 4.21. The minimum Gasteiger partial charge on any atom is -0.322 e. The summed E-state index contributed by atoms with van der Waals surface area (Å²) in [6.07, 6.45) is 0. The highest BCUT2D eigenvalue weighted by atomic mass is 16.1. The Kier molecular flexibility index (Phi) is 3.94. The van der Waals surface area contributed by atoms with Crippen LogP contribution in [0.4, 0.5) is 5.69 Å². The van der Waals surface area contributed by atoms with Gasteiger partial charge in [-0.2, -0.15) is 10.4 Å². The number of H-pyrrole nitrogens is 1. The molecule has 27 heavy (non-hydrogen) atoms. The molecule has 4 aromatic rings. The van der Waals surface area contributed by atoms with E-state index in [9.17, 15) is 4.79 Å². The van der Waals surface area contributed by atoms with E-state index in [2.05, 4.69) is 20.5 Å². The number of carbonyl (C=O) groups is 1. The molecule has 7 nitrogen and oxygen atoms in total. The van der Waals surface area contributed by atoms with Gasteiger partial charge in [0.25, 0.3) is 5.91 Å². The molecule has 0 atom stereocenters. The van der Waals surface area contributed by atoms with E-state index in [0.717, 1.165) is 22.2 Å². The summed E-state index contributed by atoms with van der Waals surface area (Å²) in [7, 11) is 1.71. The maximum absolute atomic E-state index is 12.6. The average Bonchev–Trinajstić information content (AvgIpc) is 3.23. The number of fused-ring (bicyclic) bond motifs is 1. The molecule has 2 heterocycles. The first-order valence-corrected chi connectivity index (χ1v) is 8.37. The van der Waals surface area contributed by atoms with E-state index >= 15 is 0 Å². The first-order valence-electron chi connectivity index (χ1n) is 8.37. The highest BCUT2D eigenvalue weighted by Crippen LogP contribution is 2.28. The molecule has 2 aromatic heterocycles. The van der Waals surface area contributed by atoms with Crippen LogP contribution in [0.1, 0.15) is 22.0 Å².